The lowest BCUT2D eigenvalue weighted by Crippen LogP contribution is -3.28. The molecule has 1 saturated heterocycles. The lowest BCUT2D eigenvalue weighted by Gasteiger charge is -2.28. The molecule has 0 saturated carbocycles. The minimum Gasteiger partial charge on any atom is -0.495 e. The van der Waals surface area contributed by atoms with E-state index in [0.29, 0.717) is 23.0 Å². The van der Waals surface area contributed by atoms with Crippen LogP contribution in [0.5, 0.6) is 5.75 Å². The average molecular weight is 402 g/mol. The lowest BCUT2D eigenvalue weighted by molar-refractivity contribution is -1.01. The molecule has 28 heavy (non-hydrogen) atoms. The summed E-state index contributed by atoms with van der Waals surface area (Å²) in [7, 11) is 1.58. The molecule has 1 amide bonds. The first-order chi connectivity index (χ1) is 13.6. The van der Waals surface area contributed by atoms with E-state index in [4.69, 9.17) is 16.3 Å². The van der Waals surface area contributed by atoms with Crippen LogP contribution in [0.4, 0.5) is 5.69 Å². The van der Waals surface area contributed by atoms with Crippen molar-refractivity contribution in [2.24, 2.45) is 0 Å². The molecule has 3 rings (SSSR count). The molecule has 0 unspecified atom stereocenters. The topological polar surface area (TPSA) is 47.2 Å². The molecule has 0 spiro atoms. The smallest absolute Gasteiger partial charge is 0.279 e. The normalized spacial score (nSPS) is 19.5. The minimum atomic E-state index is -0.0111. The molecule has 1 fully saturated rings. The molecule has 1 heterocycles. The Balaban J connectivity index is 1.42. The number of methoxy groups -OCH3 is 1. The van der Waals surface area contributed by atoms with Crippen molar-refractivity contribution in [1.82, 2.24) is 0 Å². The summed E-state index contributed by atoms with van der Waals surface area (Å²) >= 11 is 6.03. The molecule has 2 aromatic carbocycles. The van der Waals surface area contributed by atoms with Gasteiger partial charge in [-0.05, 0) is 29.8 Å². The number of hydrogen-bond acceptors (Lipinski definition) is 2. The van der Waals surface area contributed by atoms with Crippen LogP contribution in [0, 0.1) is 0 Å². The van der Waals surface area contributed by atoms with Crippen LogP contribution in [0.25, 0.3) is 6.08 Å². The molecule has 3 N–H and O–H groups in total. The summed E-state index contributed by atoms with van der Waals surface area (Å²) < 4.78 is 5.28. The van der Waals surface area contributed by atoms with Crippen molar-refractivity contribution in [3.05, 3.63) is 65.2 Å². The highest BCUT2D eigenvalue weighted by molar-refractivity contribution is 6.31. The number of carbonyl (C=O) groups excluding carboxylic acids is 1. The van der Waals surface area contributed by atoms with Crippen molar-refractivity contribution in [2.45, 2.75) is 0 Å². The van der Waals surface area contributed by atoms with E-state index in [1.54, 1.807) is 30.2 Å². The Kier molecular flexibility index (Phi) is 7.48. The van der Waals surface area contributed by atoms with Crippen LogP contribution < -0.4 is 19.9 Å². The highest BCUT2D eigenvalue weighted by Gasteiger charge is 2.24. The number of hydrogen-bond donors (Lipinski definition) is 3. The van der Waals surface area contributed by atoms with Gasteiger partial charge in [0.2, 0.25) is 0 Å². The number of ether oxygens (including phenoxy) is 1. The molecule has 148 valence electrons. The van der Waals surface area contributed by atoms with Gasteiger partial charge < -0.3 is 19.9 Å². The summed E-state index contributed by atoms with van der Waals surface area (Å²) in [5, 5.41) is 3.50. The van der Waals surface area contributed by atoms with E-state index in [-0.39, 0.29) is 5.91 Å². The highest BCUT2D eigenvalue weighted by Crippen LogP contribution is 2.27. The van der Waals surface area contributed by atoms with Crippen molar-refractivity contribution < 1.29 is 19.3 Å². The van der Waals surface area contributed by atoms with Gasteiger partial charge in [-0.3, -0.25) is 4.79 Å². The molecule has 0 radical (unpaired) electrons. The van der Waals surface area contributed by atoms with E-state index in [1.807, 2.05) is 6.07 Å². The molecule has 0 aliphatic carbocycles. The first kappa shape index (κ1) is 20.4. The first-order valence-electron chi connectivity index (χ1n) is 9.66. The second-order valence-corrected chi connectivity index (χ2v) is 7.52. The summed E-state index contributed by atoms with van der Waals surface area (Å²) in [6, 6.07) is 15.6. The van der Waals surface area contributed by atoms with Gasteiger partial charge in [-0.25, -0.2) is 0 Å². The average Bonchev–Trinajstić information content (AvgIpc) is 2.70. The van der Waals surface area contributed by atoms with Crippen molar-refractivity contribution >= 4 is 29.3 Å². The van der Waals surface area contributed by atoms with Gasteiger partial charge >= 0.3 is 0 Å². The van der Waals surface area contributed by atoms with Crippen molar-refractivity contribution in [3.8, 4) is 5.75 Å². The third-order valence-corrected chi connectivity index (χ3v) is 5.26. The predicted molar refractivity (Wildman–Crippen MR) is 113 cm³/mol. The highest BCUT2D eigenvalue weighted by atomic mass is 35.5. The Morgan fingerprint density at radius 3 is 2.54 bits per heavy atom. The van der Waals surface area contributed by atoms with Crippen LogP contribution in [0.15, 0.2) is 54.6 Å². The number of carbonyl (C=O) groups is 1. The number of nitrogens with one attached hydrogen (secondary N) is 3. The van der Waals surface area contributed by atoms with Crippen LogP contribution in [0.2, 0.25) is 5.02 Å². The maximum Gasteiger partial charge on any atom is 0.279 e. The van der Waals surface area contributed by atoms with Gasteiger partial charge in [0, 0.05) is 5.02 Å². The fraction of sp³-hybridized carbons (Fsp3) is 0.318. The van der Waals surface area contributed by atoms with Gasteiger partial charge in [0.1, 0.15) is 31.9 Å². The molecule has 5 nitrogen and oxygen atoms in total. The van der Waals surface area contributed by atoms with Crippen molar-refractivity contribution in [2.75, 3.05) is 51.7 Å². The zero-order valence-electron chi connectivity index (χ0n) is 16.2. The molecule has 0 bridgehead atoms. The third-order valence-electron chi connectivity index (χ3n) is 5.03. The number of halogens is 1. The van der Waals surface area contributed by atoms with E-state index in [0.717, 1.165) is 32.7 Å². The summed E-state index contributed by atoms with van der Waals surface area (Å²) in [6.45, 7) is 5.62. The largest absolute Gasteiger partial charge is 0.495 e. The SMILES string of the molecule is COc1ccc(Cl)cc1NC(=O)C[NH+]1CC[NH+](C/C=C/c2ccccc2)CC1. The van der Waals surface area contributed by atoms with Gasteiger partial charge in [0.15, 0.2) is 6.54 Å². The van der Waals surface area contributed by atoms with E-state index in [2.05, 4.69) is 41.7 Å². The van der Waals surface area contributed by atoms with Gasteiger partial charge in [-0.15, -0.1) is 0 Å². The second-order valence-electron chi connectivity index (χ2n) is 7.09. The molecule has 6 heteroatoms. The van der Waals surface area contributed by atoms with Crippen LogP contribution >= 0.6 is 11.6 Å². The fourth-order valence-electron chi connectivity index (χ4n) is 3.46. The predicted octanol–water partition coefficient (Wildman–Crippen LogP) is 0.784. The van der Waals surface area contributed by atoms with Crippen LogP contribution in [-0.2, 0) is 4.79 Å². The van der Waals surface area contributed by atoms with Crippen LogP contribution in [-0.4, -0.2) is 52.3 Å². The number of quaternary nitrogens is 2. The zero-order chi connectivity index (χ0) is 19.8. The van der Waals surface area contributed by atoms with E-state index in [1.165, 1.54) is 10.5 Å². The number of piperazine rings is 1. The van der Waals surface area contributed by atoms with E-state index in [9.17, 15) is 4.79 Å². The van der Waals surface area contributed by atoms with Crippen LogP contribution in [0.3, 0.4) is 0 Å². The number of anilines is 1. The maximum atomic E-state index is 12.4. The Labute approximate surface area is 171 Å². The van der Waals surface area contributed by atoms with Gasteiger partial charge in [0.25, 0.3) is 5.91 Å². The Hall–Kier alpha value is -2.34. The fourth-order valence-corrected chi connectivity index (χ4v) is 3.64. The summed E-state index contributed by atoms with van der Waals surface area (Å²) in [5.41, 5.74) is 1.86. The standard InChI is InChI=1S/C22H26ClN3O2/c1-28-21-10-9-19(23)16-20(21)24-22(27)17-26-14-12-25(13-15-26)11-5-8-18-6-3-2-4-7-18/h2-10,16H,11-15,17H2,1H3,(H,24,27)/p+2/b8-5+. The summed E-state index contributed by atoms with van der Waals surface area (Å²) in [5.74, 6) is 0.607. The summed E-state index contributed by atoms with van der Waals surface area (Å²) in [6.07, 6.45) is 4.42. The molecular weight excluding hydrogens is 374 g/mol. The molecule has 1 aliphatic heterocycles. The molecule has 0 atom stereocenters. The van der Waals surface area contributed by atoms with Gasteiger partial charge in [-0.1, -0.05) is 48.0 Å². The minimum absolute atomic E-state index is 0.0111. The van der Waals surface area contributed by atoms with E-state index < -0.39 is 0 Å². The maximum absolute atomic E-state index is 12.4. The van der Waals surface area contributed by atoms with Gasteiger partial charge in [0.05, 0.1) is 19.3 Å². The lowest BCUT2D eigenvalue weighted by atomic mass is 10.2. The Bertz CT molecular complexity index is 803. The van der Waals surface area contributed by atoms with Crippen molar-refractivity contribution in [3.63, 3.8) is 0 Å². The van der Waals surface area contributed by atoms with Gasteiger partial charge in [-0.2, -0.15) is 0 Å². The number of rotatable bonds is 7. The second kappa shape index (κ2) is 10.3. The molecule has 1 aliphatic rings. The molecular formula is C22H28ClN3O2+2. The Morgan fingerprint density at radius 1 is 1.11 bits per heavy atom. The zero-order valence-corrected chi connectivity index (χ0v) is 17.0. The Morgan fingerprint density at radius 2 is 1.82 bits per heavy atom. The third kappa shape index (κ3) is 6.09. The number of benzene rings is 2. The van der Waals surface area contributed by atoms with E-state index >= 15 is 0 Å². The first-order valence-corrected chi connectivity index (χ1v) is 10.0. The quantitative estimate of drug-likeness (QED) is 0.642. The summed E-state index contributed by atoms with van der Waals surface area (Å²) in [4.78, 5) is 15.3. The number of amides is 1. The van der Waals surface area contributed by atoms with Crippen molar-refractivity contribution in [1.29, 1.82) is 0 Å². The monoisotopic (exact) mass is 401 g/mol. The molecule has 0 aromatic heterocycles. The van der Waals surface area contributed by atoms with Crippen LogP contribution in [0.1, 0.15) is 5.56 Å². The molecule has 2 aromatic rings.